The Kier molecular flexibility index (Phi) is 5.22. The number of rotatable bonds is 7. The highest BCUT2D eigenvalue weighted by Crippen LogP contribution is 2.31. The molecule has 0 amide bonds. The molecule has 0 N–H and O–H groups in total. The molecule has 6 nitrogen and oxygen atoms in total. The summed E-state index contributed by atoms with van der Waals surface area (Å²) >= 11 is 1.54. The minimum absolute atomic E-state index is 0.214. The molecule has 0 saturated carbocycles. The number of ketones is 1. The number of carboxylic acids is 1. The van der Waals surface area contributed by atoms with Crippen LogP contribution in [0.15, 0.2) is 71.2 Å². The van der Waals surface area contributed by atoms with Crippen molar-refractivity contribution < 1.29 is 23.8 Å². The SMILES string of the molecule is O=C([O-])COc1ccc(C(=O)/C=C/c2ccc(-c3nc4ccccc4s3)o2)cc1. The fourth-order valence-corrected chi connectivity index (χ4v) is 3.57. The third kappa shape index (κ3) is 4.41. The van der Waals surface area contributed by atoms with E-state index in [1.54, 1.807) is 35.6 Å². The predicted octanol–water partition coefficient (Wildman–Crippen LogP) is 3.58. The predicted molar refractivity (Wildman–Crippen MR) is 108 cm³/mol. The van der Waals surface area contributed by atoms with Gasteiger partial charge < -0.3 is 19.1 Å². The van der Waals surface area contributed by atoms with Crippen molar-refractivity contribution in [1.29, 1.82) is 0 Å². The highest BCUT2D eigenvalue weighted by molar-refractivity contribution is 7.21. The van der Waals surface area contributed by atoms with E-state index >= 15 is 0 Å². The molecule has 144 valence electrons. The number of ether oxygens (including phenoxy) is 1. The van der Waals surface area contributed by atoms with Crippen LogP contribution >= 0.6 is 11.3 Å². The van der Waals surface area contributed by atoms with E-state index in [4.69, 9.17) is 9.15 Å². The van der Waals surface area contributed by atoms with Crippen molar-refractivity contribution in [1.82, 2.24) is 4.98 Å². The van der Waals surface area contributed by atoms with Gasteiger partial charge in [-0.25, -0.2) is 4.98 Å². The van der Waals surface area contributed by atoms with Gasteiger partial charge in [0.15, 0.2) is 16.6 Å². The van der Waals surface area contributed by atoms with E-state index < -0.39 is 12.6 Å². The van der Waals surface area contributed by atoms with Gasteiger partial charge in [-0.15, -0.1) is 11.3 Å². The molecule has 0 aliphatic carbocycles. The number of allylic oxidation sites excluding steroid dienone is 1. The lowest BCUT2D eigenvalue weighted by Crippen LogP contribution is -2.28. The number of carbonyl (C=O) groups is 2. The number of hydrogen-bond acceptors (Lipinski definition) is 7. The van der Waals surface area contributed by atoms with Crippen LogP contribution in [0.5, 0.6) is 5.75 Å². The molecule has 0 atom stereocenters. The molecule has 0 fully saturated rings. The topological polar surface area (TPSA) is 92.5 Å². The molecule has 0 aliphatic heterocycles. The van der Waals surface area contributed by atoms with Gasteiger partial charge in [0, 0.05) is 5.56 Å². The zero-order valence-corrected chi connectivity index (χ0v) is 15.8. The molecule has 0 aliphatic rings. The molecule has 4 rings (SSSR count). The second kappa shape index (κ2) is 8.12. The first-order chi connectivity index (χ1) is 14.1. The van der Waals surface area contributed by atoms with Gasteiger partial charge in [0.05, 0.1) is 16.2 Å². The molecule has 4 aromatic rings. The van der Waals surface area contributed by atoms with Gasteiger partial charge in [-0.05, 0) is 60.7 Å². The van der Waals surface area contributed by atoms with Crippen LogP contribution < -0.4 is 9.84 Å². The second-order valence-corrected chi connectivity index (χ2v) is 7.10. The molecule has 2 aromatic heterocycles. The Bertz CT molecular complexity index is 1170. The number of carbonyl (C=O) groups excluding carboxylic acids is 2. The number of aliphatic carboxylic acids is 1. The Balaban J connectivity index is 1.44. The number of carboxylic acid groups (broad SMARTS) is 1. The Morgan fingerprint density at radius 1 is 1.07 bits per heavy atom. The molecule has 0 radical (unpaired) electrons. The minimum atomic E-state index is -1.31. The van der Waals surface area contributed by atoms with Crippen LogP contribution in [0.3, 0.4) is 0 Å². The molecule has 2 heterocycles. The Labute approximate surface area is 169 Å². The van der Waals surface area contributed by atoms with Gasteiger partial charge >= 0.3 is 0 Å². The van der Waals surface area contributed by atoms with E-state index in [1.807, 2.05) is 30.3 Å². The number of para-hydroxylation sites is 1. The molecule has 0 bridgehead atoms. The van der Waals surface area contributed by atoms with E-state index in [2.05, 4.69) is 4.98 Å². The molecule has 2 aromatic carbocycles. The molecule has 0 unspecified atom stereocenters. The van der Waals surface area contributed by atoms with Crippen molar-refractivity contribution >= 4 is 39.4 Å². The maximum absolute atomic E-state index is 12.3. The Morgan fingerprint density at radius 2 is 1.86 bits per heavy atom. The molecular formula is C22H14NO5S-. The zero-order valence-electron chi connectivity index (χ0n) is 15.0. The fourth-order valence-electron chi connectivity index (χ4n) is 2.65. The molecule has 7 heteroatoms. The smallest absolute Gasteiger partial charge is 0.185 e. The van der Waals surface area contributed by atoms with Crippen LogP contribution in [0.25, 0.3) is 27.1 Å². The lowest BCUT2D eigenvalue weighted by Gasteiger charge is -2.06. The highest BCUT2D eigenvalue weighted by atomic mass is 32.1. The summed E-state index contributed by atoms with van der Waals surface area (Å²) in [5.74, 6) is 0.0154. The third-order valence-electron chi connectivity index (χ3n) is 4.03. The minimum Gasteiger partial charge on any atom is -0.546 e. The normalized spacial score (nSPS) is 11.2. The van der Waals surface area contributed by atoms with Crippen molar-refractivity contribution in [3.63, 3.8) is 0 Å². The lowest BCUT2D eigenvalue weighted by atomic mass is 10.1. The van der Waals surface area contributed by atoms with Gasteiger partial charge in [-0.3, -0.25) is 4.79 Å². The third-order valence-corrected chi connectivity index (χ3v) is 5.08. The number of nitrogens with zero attached hydrogens (tertiary/aromatic N) is 1. The first-order valence-corrected chi connectivity index (χ1v) is 9.51. The molecule has 29 heavy (non-hydrogen) atoms. The summed E-state index contributed by atoms with van der Waals surface area (Å²) in [5, 5.41) is 11.2. The summed E-state index contributed by atoms with van der Waals surface area (Å²) < 4.78 is 11.9. The van der Waals surface area contributed by atoms with Crippen molar-refractivity contribution in [2.45, 2.75) is 0 Å². The Hall–Kier alpha value is -3.71. The van der Waals surface area contributed by atoms with Gasteiger partial charge in [0.25, 0.3) is 0 Å². The second-order valence-electron chi connectivity index (χ2n) is 6.07. The standard InChI is InChI=1S/C22H15NO5S/c24-18(14-5-7-15(8-6-14)27-13-21(25)26)11-9-16-10-12-19(28-16)22-23-17-3-1-2-4-20(17)29-22/h1-12H,13H2,(H,25,26)/p-1/b11-9+. The van der Waals surface area contributed by atoms with Crippen LogP contribution in [-0.4, -0.2) is 23.3 Å². The van der Waals surface area contributed by atoms with Crippen LogP contribution in [-0.2, 0) is 4.79 Å². The number of furan rings is 1. The van der Waals surface area contributed by atoms with Crippen molar-refractivity contribution in [2.75, 3.05) is 6.61 Å². The molecular weight excluding hydrogens is 390 g/mol. The number of benzene rings is 2. The van der Waals surface area contributed by atoms with Crippen LogP contribution in [0.4, 0.5) is 0 Å². The van der Waals surface area contributed by atoms with Crippen molar-refractivity contribution in [3.05, 3.63) is 78.1 Å². The van der Waals surface area contributed by atoms with Crippen molar-refractivity contribution in [3.8, 4) is 16.5 Å². The zero-order chi connectivity index (χ0) is 20.2. The average Bonchev–Trinajstić information content (AvgIpc) is 3.37. The van der Waals surface area contributed by atoms with E-state index in [0.717, 1.165) is 15.2 Å². The lowest BCUT2D eigenvalue weighted by molar-refractivity contribution is -0.307. The summed E-state index contributed by atoms with van der Waals surface area (Å²) in [6.45, 7) is -0.539. The number of hydrogen-bond donors (Lipinski definition) is 0. The first kappa shape index (κ1) is 18.6. The Morgan fingerprint density at radius 3 is 2.62 bits per heavy atom. The summed E-state index contributed by atoms with van der Waals surface area (Å²) in [4.78, 5) is 27.3. The van der Waals surface area contributed by atoms with Crippen molar-refractivity contribution in [2.24, 2.45) is 0 Å². The van der Waals surface area contributed by atoms with E-state index in [1.165, 1.54) is 18.2 Å². The monoisotopic (exact) mass is 404 g/mol. The van der Waals surface area contributed by atoms with Gasteiger partial charge in [-0.2, -0.15) is 0 Å². The molecule has 0 spiro atoms. The van der Waals surface area contributed by atoms with E-state index in [0.29, 0.717) is 22.8 Å². The largest absolute Gasteiger partial charge is 0.546 e. The van der Waals surface area contributed by atoms with Gasteiger partial charge in [0.2, 0.25) is 0 Å². The fraction of sp³-hybridized carbons (Fsp3) is 0.0455. The quantitative estimate of drug-likeness (QED) is 0.345. The number of fused-ring (bicyclic) bond motifs is 1. The number of thiazole rings is 1. The average molecular weight is 404 g/mol. The first-order valence-electron chi connectivity index (χ1n) is 8.69. The van der Waals surface area contributed by atoms with Crippen LogP contribution in [0, 0.1) is 0 Å². The van der Waals surface area contributed by atoms with Crippen LogP contribution in [0.2, 0.25) is 0 Å². The van der Waals surface area contributed by atoms with Crippen LogP contribution in [0.1, 0.15) is 16.1 Å². The summed E-state index contributed by atoms with van der Waals surface area (Å²) in [6, 6.07) is 17.7. The summed E-state index contributed by atoms with van der Waals surface area (Å²) in [5.41, 5.74) is 1.36. The van der Waals surface area contributed by atoms with Gasteiger partial charge in [-0.1, -0.05) is 12.1 Å². The molecule has 0 saturated heterocycles. The maximum atomic E-state index is 12.3. The summed E-state index contributed by atoms with van der Waals surface area (Å²) in [6.07, 6.45) is 3.01. The summed E-state index contributed by atoms with van der Waals surface area (Å²) in [7, 11) is 0. The van der Waals surface area contributed by atoms with E-state index in [9.17, 15) is 14.7 Å². The van der Waals surface area contributed by atoms with E-state index in [-0.39, 0.29) is 5.78 Å². The highest BCUT2D eigenvalue weighted by Gasteiger charge is 2.10. The number of aromatic nitrogens is 1. The maximum Gasteiger partial charge on any atom is 0.185 e. The van der Waals surface area contributed by atoms with Gasteiger partial charge in [0.1, 0.15) is 18.1 Å².